The zero-order valence-corrected chi connectivity index (χ0v) is 14.4. The van der Waals surface area contributed by atoms with Crippen LogP contribution in [0.15, 0.2) is 85.1 Å². The first-order valence-corrected chi connectivity index (χ1v) is 8.78. The lowest BCUT2D eigenvalue weighted by molar-refractivity contribution is 0.0988. The molecule has 130 valence electrons. The summed E-state index contributed by atoms with van der Waals surface area (Å²) in [5.41, 5.74) is 4.21. The maximum absolute atomic E-state index is 13.2. The third-order valence-corrected chi connectivity index (χ3v) is 4.83. The first kappa shape index (κ1) is 15.5. The number of H-pyrrole nitrogens is 1. The van der Waals surface area contributed by atoms with E-state index in [0.29, 0.717) is 11.5 Å². The third-order valence-electron chi connectivity index (χ3n) is 4.83. The molecule has 0 spiro atoms. The Morgan fingerprint density at radius 2 is 1.56 bits per heavy atom. The van der Waals surface area contributed by atoms with Crippen LogP contribution in [-0.2, 0) is 0 Å². The molecule has 2 aromatic heterocycles. The van der Waals surface area contributed by atoms with Crippen molar-refractivity contribution >= 4 is 11.7 Å². The Morgan fingerprint density at radius 3 is 2.26 bits per heavy atom. The van der Waals surface area contributed by atoms with Gasteiger partial charge in [0.05, 0.1) is 11.7 Å². The fourth-order valence-corrected chi connectivity index (χ4v) is 3.65. The van der Waals surface area contributed by atoms with Gasteiger partial charge in [-0.25, -0.2) is 4.98 Å². The molecule has 1 atom stereocenters. The molecule has 2 aromatic carbocycles. The van der Waals surface area contributed by atoms with Crippen LogP contribution >= 0.6 is 0 Å². The molecule has 5 heteroatoms. The van der Waals surface area contributed by atoms with Crippen molar-refractivity contribution < 1.29 is 4.79 Å². The van der Waals surface area contributed by atoms with Crippen molar-refractivity contribution in [2.75, 3.05) is 4.90 Å². The van der Waals surface area contributed by atoms with Crippen LogP contribution in [0, 0.1) is 0 Å². The van der Waals surface area contributed by atoms with E-state index in [9.17, 15) is 4.79 Å². The van der Waals surface area contributed by atoms with Gasteiger partial charge in [-0.3, -0.25) is 14.8 Å². The summed E-state index contributed by atoms with van der Waals surface area (Å²) in [6, 6.07) is 25.2. The number of fused-ring (bicyclic) bond motifs is 1. The summed E-state index contributed by atoms with van der Waals surface area (Å²) in [7, 11) is 0. The number of carbonyl (C=O) groups is 1. The second-order valence-electron chi connectivity index (χ2n) is 6.40. The number of hydrogen-bond acceptors (Lipinski definition) is 3. The number of aromatic nitrogens is 3. The summed E-state index contributed by atoms with van der Waals surface area (Å²) < 4.78 is 0. The van der Waals surface area contributed by atoms with E-state index in [-0.39, 0.29) is 11.9 Å². The van der Waals surface area contributed by atoms with E-state index in [2.05, 4.69) is 15.2 Å². The van der Waals surface area contributed by atoms with Gasteiger partial charge >= 0.3 is 0 Å². The van der Waals surface area contributed by atoms with Crippen molar-refractivity contribution in [1.82, 2.24) is 15.2 Å². The van der Waals surface area contributed by atoms with Crippen LogP contribution in [0.5, 0.6) is 0 Å². The summed E-state index contributed by atoms with van der Waals surface area (Å²) >= 11 is 0. The van der Waals surface area contributed by atoms with Crippen LogP contribution in [0.1, 0.15) is 27.7 Å². The second-order valence-corrected chi connectivity index (χ2v) is 6.40. The third kappa shape index (κ3) is 2.44. The molecule has 1 N–H and O–H groups in total. The number of nitrogens with one attached hydrogen (secondary N) is 1. The lowest BCUT2D eigenvalue weighted by atomic mass is 9.96. The topological polar surface area (TPSA) is 61.9 Å². The van der Waals surface area contributed by atoms with Crippen molar-refractivity contribution in [3.8, 4) is 11.3 Å². The SMILES string of the molecule is O=C1c2[nH]nc(-c3ccccc3)c2[C@@H](c2ccccc2)N1c1ccccn1. The lowest BCUT2D eigenvalue weighted by Crippen LogP contribution is -2.30. The number of aromatic amines is 1. The molecule has 0 bridgehead atoms. The molecule has 0 radical (unpaired) electrons. The molecule has 0 aliphatic carbocycles. The Balaban J connectivity index is 1.74. The van der Waals surface area contributed by atoms with E-state index in [0.717, 1.165) is 22.4 Å². The summed E-state index contributed by atoms with van der Waals surface area (Å²) in [6.07, 6.45) is 1.70. The molecule has 3 heterocycles. The van der Waals surface area contributed by atoms with Gasteiger partial charge in [0.1, 0.15) is 11.5 Å². The van der Waals surface area contributed by atoms with Crippen molar-refractivity contribution in [3.63, 3.8) is 0 Å². The van der Waals surface area contributed by atoms with E-state index in [1.807, 2.05) is 78.9 Å². The summed E-state index contributed by atoms with van der Waals surface area (Å²) in [6.45, 7) is 0. The van der Waals surface area contributed by atoms with Gasteiger partial charge in [0.2, 0.25) is 0 Å². The van der Waals surface area contributed by atoms with E-state index >= 15 is 0 Å². The fourth-order valence-electron chi connectivity index (χ4n) is 3.65. The molecule has 0 unspecified atom stereocenters. The van der Waals surface area contributed by atoms with Crippen LogP contribution in [0.4, 0.5) is 5.82 Å². The minimum absolute atomic E-state index is 0.118. The van der Waals surface area contributed by atoms with Crippen LogP contribution in [-0.4, -0.2) is 21.1 Å². The maximum Gasteiger partial charge on any atom is 0.278 e. The van der Waals surface area contributed by atoms with Crippen molar-refractivity contribution in [2.45, 2.75) is 6.04 Å². The summed E-state index contributed by atoms with van der Waals surface area (Å²) in [5, 5.41) is 7.43. The van der Waals surface area contributed by atoms with Gasteiger partial charge in [-0.15, -0.1) is 0 Å². The highest BCUT2D eigenvalue weighted by molar-refractivity contribution is 6.11. The predicted octanol–water partition coefficient (Wildman–Crippen LogP) is 4.22. The summed E-state index contributed by atoms with van der Waals surface area (Å²) in [4.78, 5) is 19.4. The fraction of sp³-hybridized carbons (Fsp3) is 0.0455. The zero-order chi connectivity index (χ0) is 18.2. The Bertz CT molecular complexity index is 1090. The van der Waals surface area contributed by atoms with Crippen LogP contribution < -0.4 is 4.90 Å². The van der Waals surface area contributed by atoms with Crippen LogP contribution in [0.2, 0.25) is 0 Å². The highest BCUT2D eigenvalue weighted by atomic mass is 16.2. The number of benzene rings is 2. The lowest BCUT2D eigenvalue weighted by Gasteiger charge is -2.25. The molecule has 0 saturated heterocycles. The van der Waals surface area contributed by atoms with Crippen molar-refractivity contribution in [3.05, 3.63) is 102 Å². The summed E-state index contributed by atoms with van der Waals surface area (Å²) in [5.74, 6) is 0.507. The predicted molar refractivity (Wildman–Crippen MR) is 103 cm³/mol. The van der Waals surface area contributed by atoms with Gasteiger partial charge in [-0.1, -0.05) is 66.7 Å². The van der Waals surface area contributed by atoms with E-state index in [4.69, 9.17) is 0 Å². The first-order valence-electron chi connectivity index (χ1n) is 8.78. The monoisotopic (exact) mass is 352 g/mol. The highest BCUT2D eigenvalue weighted by Crippen LogP contribution is 2.44. The normalized spacial score (nSPS) is 15.8. The highest BCUT2D eigenvalue weighted by Gasteiger charge is 2.43. The van der Waals surface area contributed by atoms with Crippen molar-refractivity contribution in [2.24, 2.45) is 0 Å². The van der Waals surface area contributed by atoms with E-state index in [1.165, 1.54) is 0 Å². The quantitative estimate of drug-likeness (QED) is 0.600. The Morgan fingerprint density at radius 1 is 0.852 bits per heavy atom. The van der Waals surface area contributed by atoms with Gasteiger partial charge < -0.3 is 0 Å². The second kappa shape index (κ2) is 6.21. The Labute approximate surface area is 156 Å². The standard InChI is InChI=1S/C22H16N4O/c27-22-20-18(19(24-25-20)15-9-3-1-4-10-15)21(16-11-5-2-6-12-16)26(22)17-13-7-8-14-23-17/h1-14,21H,(H,24,25)/t21-/m1/s1. The van der Waals surface area contributed by atoms with Crippen LogP contribution in [0.3, 0.4) is 0 Å². The molecule has 0 saturated carbocycles. The Kier molecular flexibility index (Phi) is 3.57. The molecule has 1 amide bonds. The van der Waals surface area contributed by atoms with Gasteiger partial charge in [-0.05, 0) is 17.7 Å². The number of rotatable bonds is 3. The molecule has 4 aromatic rings. The largest absolute Gasteiger partial charge is 0.279 e. The number of nitrogens with zero attached hydrogens (tertiary/aromatic N) is 3. The average Bonchev–Trinajstić information content (AvgIpc) is 3.29. The number of hydrogen-bond donors (Lipinski definition) is 1. The number of anilines is 1. The van der Waals surface area contributed by atoms with Gasteiger partial charge in [0.15, 0.2) is 0 Å². The minimum atomic E-state index is -0.280. The molecular weight excluding hydrogens is 336 g/mol. The molecule has 1 aliphatic rings. The minimum Gasteiger partial charge on any atom is -0.279 e. The molecule has 5 nitrogen and oxygen atoms in total. The average molecular weight is 352 g/mol. The number of carbonyl (C=O) groups excluding carboxylic acids is 1. The van der Waals surface area contributed by atoms with Gasteiger partial charge in [0.25, 0.3) is 5.91 Å². The Hall–Kier alpha value is -3.73. The molecule has 1 aliphatic heterocycles. The van der Waals surface area contributed by atoms with E-state index < -0.39 is 0 Å². The van der Waals surface area contributed by atoms with E-state index in [1.54, 1.807) is 11.1 Å². The maximum atomic E-state index is 13.2. The van der Waals surface area contributed by atoms with Crippen molar-refractivity contribution in [1.29, 1.82) is 0 Å². The number of amides is 1. The molecule has 5 rings (SSSR count). The van der Waals surface area contributed by atoms with Gasteiger partial charge in [-0.2, -0.15) is 5.10 Å². The molecular formula is C22H16N4O. The first-order chi connectivity index (χ1) is 13.3. The van der Waals surface area contributed by atoms with Crippen LogP contribution in [0.25, 0.3) is 11.3 Å². The van der Waals surface area contributed by atoms with Gasteiger partial charge in [0, 0.05) is 17.3 Å². The number of pyridine rings is 1. The molecule has 0 fully saturated rings. The molecule has 27 heavy (non-hydrogen) atoms. The smallest absolute Gasteiger partial charge is 0.278 e. The zero-order valence-electron chi connectivity index (χ0n) is 14.4.